The summed E-state index contributed by atoms with van der Waals surface area (Å²) < 4.78 is 10.5. The van der Waals surface area contributed by atoms with Gasteiger partial charge in [0, 0.05) is 17.3 Å². The van der Waals surface area contributed by atoms with E-state index in [2.05, 4.69) is 6.07 Å². The highest BCUT2D eigenvalue weighted by molar-refractivity contribution is 7.09. The van der Waals surface area contributed by atoms with Crippen LogP contribution in [-0.4, -0.2) is 14.2 Å². The van der Waals surface area contributed by atoms with Gasteiger partial charge in [-0.1, -0.05) is 17.7 Å². The van der Waals surface area contributed by atoms with Gasteiger partial charge in [0.15, 0.2) is 11.5 Å². The first-order valence-corrected chi connectivity index (χ1v) is 7.11. The minimum absolute atomic E-state index is 0.115. The molecule has 0 aliphatic carbocycles. The molecule has 1 aromatic carbocycles. The molecule has 102 valence electrons. The molecule has 2 N–H and O–H groups in total. The number of nitrogens with two attached hydrogens (primary N) is 1. The zero-order valence-electron chi connectivity index (χ0n) is 10.9. The van der Waals surface area contributed by atoms with E-state index in [0.717, 1.165) is 12.0 Å². The van der Waals surface area contributed by atoms with Crippen molar-refractivity contribution in [3.63, 3.8) is 0 Å². The summed E-state index contributed by atoms with van der Waals surface area (Å²) in [7, 11) is 3.15. The van der Waals surface area contributed by atoms with Crippen molar-refractivity contribution in [2.24, 2.45) is 5.73 Å². The van der Waals surface area contributed by atoms with Gasteiger partial charge < -0.3 is 15.2 Å². The SMILES string of the molecule is COc1cc(C(N)Cc2cccs2)cc(Cl)c1OC. The largest absolute Gasteiger partial charge is 0.493 e. The van der Waals surface area contributed by atoms with Crippen molar-refractivity contribution in [2.75, 3.05) is 14.2 Å². The van der Waals surface area contributed by atoms with Crippen LogP contribution in [0.4, 0.5) is 0 Å². The number of thiophene rings is 1. The quantitative estimate of drug-likeness (QED) is 0.916. The Hall–Kier alpha value is -1.23. The lowest BCUT2D eigenvalue weighted by Crippen LogP contribution is -2.13. The van der Waals surface area contributed by atoms with Crippen molar-refractivity contribution >= 4 is 22.9 Å². The Morgan fingerprint density at radius 2 is 2.11 bits per heavy atom. The van der Waals surface area contributed by atoms with E-state index in [9.17, 15) is 0 Å². The molecule has 0 fully saturated rings. The average Bonchev–Trinajstić information content (AvgIpc) is 2.90. The minimum atomic E-state index is -0.115. The number of benzene rings is 1. The van der Waals surface area contributed by atoms with Crippen LogP contribution in [0.5, 0.6) is 11.5 Å². The molecule has 0 saturated heterocycles. The lowest BCUT2D eigenvalue weighted by Gasteiger charge is -2.15. The second kappa shape index (κ2) is 6.28. The van der Waals surface area contributed by atoms with Crippen molar-refractivity contribution in [1.82, 2.24) is 0 Å². The van der Waals surface area contributed by atoms with E-state index in [4.69, 9.17) is 26.8 Å². The zero-order valence-corrected chi connectivity index (χ0v) is 12.4. The van der Waals surface area contributed by atoms with Gasteiger partial charge in [-0.15, -0.1) is 11.3 Å². The highest BCUT2D eigenvalue weighted by atomic mass is 35.5. The first-order valence-electron chi connectivity index (χ1n) is 5.85. The molecule has 5 heteroatoms. The predicted octanol–water partition coefficient (Wildman–Crippen LogP) is 3.66. The molecule has 2 aromatic rings. The van der Waals surface area contributed by atoms with Gasteiger partial charge in [-0.05, 0) is 29.1 Å². The smallest absolute Gasteiger partial charge is 0.179 e. The molecule has 0 saturated carbocycles. The van der Waals surface area contributed by atoms with Gasteiger partial charge in [0.05, 0.1) is 19.2 Å². The van der Waals surface area contributed by atoms with E-state index in [0.29, 0.717) is 16.5 Å². The Bertz CT molecular complexity index is 543. The third-order valence-electron chi connectivity index (χ3n) is 2.89. The van der Waals surface area contributed by atoms with E-state index in [1.165, 1.54) is 4.88 Å². The maximum Gasteiger partial charge on any atom is 0.179 e. The molecule has 0 aliphatic rings. The number of hydrogen-bond acceptors (Lipinski definition) is 4. The summed E-state index contributed by atoms with van der Waals surface area (Å²) in [6, 6.07) is 7.70. The minimum Gasteiger partial charge on any atom is -0.493 e. The second-order valence-electron chi connectivity index (χ2n) is 4.13. The zero-order chi connectivity index (χ0) is 13.8. The summed E-state index contributed by atoms with van der Waals surface area (Å²) in [5.41, 5.74) is 7.16. The summed E-state index contributed by atoms with van der Waals surface area (Å²) in [6.07, 6.45) is 0.781. The Morgan fingerprint density at radius 1 is 1.32 bits per heavy atom. The van der Waals surface area contributed by atoms with Crippen LogP contribution in [-0.2, 0) is 6.42 Å². The molecule has 1 atom stereocenters. The summed E-state index contributed by atoms with van der Waals surface area (Å²) in [6.45, 7) is 0. The van der Waals surface area contributed by atoms with E-state index in [-0.39, 0.29) is 6.04 Å². The van der Waals surface area contributed by atoms with Crippen LogP contribution < -0.4 is 15.2 Å². The lowest BCUT2D eigenvalue weighted by molar-refractivity contribution is 0.354. The van der Waals surface area contributed by atoms with Crippen LogP contribution in [0.1, 0.15) is 16.5 Å². The molecule has 0 radical (unpaired) electrons. The van der Waals surface area contributed by atoms with Crippen molar-refractivity contribution < 1.29 is 9.47 Å². The van der Waals surface area contributed by atoms with Crippen LogP contribution in [0.25, 0.3) is 0 Å². The lowest BCUT2D eigenvalue weighted by atomic mass is 10.0. The molecule has 1 heterocycles. The number of halogens is 1. The summed E-state index contributed by atoms with van der Waals surface area (Å²) >= 11 is 7.88. The van der Waals surface area contributed by atoms with Crippen molar-refractivity contribution in [2.45, 2.75) is 12.5 Å². The first kappa shape index (κ1) is 14.2. The van der Waals surface area contributed by atoms with Gasteiger partial charge in [0.1, 0.15) is 0 Å². The molecular formula is C14H16ClNO2S. The second-order valence-corrected chi connectivity index (χ2v) is 5.57. The van der Waals surface area contributed by atoms with Crippen LogP contribution >= 0.6 is 22.9 Å². The molecule has 0 amide bonds. The Morgan fingerprint density at radius 3 is 2.68 bits per heavy atom. The molecule has 0 spiro atoms. The van der Waals surface area contributed by atoms with Gasteiger partial charge in [-0.25, -0.2) is 0 Å². The van der Waals surface area contributed by atoms with Crippen LogP contribution in [0, 0.1) is 0 Å². The fourth-order valence-electron chi connectivity index (χ4n) is 1.92. The maximum atomic E-state index is 6.22. The highest BCUT2D eigenvalue weighted by Crippen LogP contribution is 2.37. The Balaban J connectivity index is 2.27. The maximum absolute atomic E-state index is 6.22. The third kappa shape index (κ3) is 3.21. The molecule has 0 aliphatic heterocycles. The average molecular weight is 298 g/mol. The van der Waals surface area contributed by atoms with E-state index >= 15 is 0 Å². The van der Waals surface area contributed by atoms with Crippen LogP contribution in [0.3, 0.4) is 0 Å². The third-order valence-corrected chi connectivity index (χ3v) is 4.06. The van der Waals surface area contributed by atoms with Gasteiger partial charge in [-0.2, -0.15) is 0 Å². The molecule has 1 unspecified atom stereocenters. The monoisotopic (exact) mass is 297 g/mol. The Labute approximate surface area is 121 Å². The van der Waals surface area contributed by atoms with Crippen molar-refractivity contribution in [3.8, 4) is 11.5 Å². The number of ether oxygens (including phenoxy) is 2. The van der Waals surface area contributed by atoms with Crippen LogP contribution in [0.2, 0.25) is 5.02 Å². The standard InChI is InChI=1S/C14H16ClNO2S/c1-17-13-7-9(6-11(15)14(13)18-2)12(16)8-10-4-3-5-19-10/h3-7,12H,8,16H2,1-2H3. The topological polar surface area (TPSA) is 44.5 Å². The van der Waals surface area contributed by atoms with Gasteiger partial charge in [0.25, 0.3) is 0 Å². The summed E-state index contributed by atoms with van der Waals surface area (Å²) in [4.78, 5) is 1.25. The Kier molecular flexibility index (Phi) is 4.69. The number of methoxy groups -OCH3 is 2. The molecule has 0 bridgehead atoms. The molecular weight excluding hydrogens is 282 g/mol. The predicted molar refractivity (Wildman–Crippen MR) is 79.5 cm³/mol. The van der Waals surface area contributed by atoms with E-state index in [1.807, 2.05) is 23.6 Å². The summed E-state index contributed by atoms with van der Waals surface area (Å²) in [5, 5.41) is 2.56. The molecule has 19 heavy (non-hydrogen) atoms. The number of hydrogen-bond donors (Lipinski definition) is 1. The normalized spacial score (nSPS) is 12.2. The van der Waals surface area contributed by atoms with Crippen LogP contribution in [0.15, 0.2) is 29.6 Å². The van der Waals surface area contributed by atoms with Crippen molar-refractivity contribution in [3.05, 3.63) is 45.1 Å². The van der Waals surface area contributed by atoms with Crippen molar-refractivity contribution in [1.29, 1.82) is 0 Å². The first-order chi connectivity index (χ1) is 9.15. The fourth-order valence-corrected chi connectivity index (χ4v) is 2.98. The number of rotatable bonds is 5. The summed E-state index contributed by atoms with van der Waals surface area (Å²) in [5.74, 6) is 1.14. The fraction of sp³-hybridized carbons (Fsp3) is 0.286. The van der Waals surface area contributed by atoms with Gasteiger partial charge in [0.2, 0.25) is 0 Å². The van der Waals surface area contributed by atoms with E-state index < -0.39 is 0 Å². The van der Waals surface area contributed by atoms with Gasteiger partial charge >= 0.3 is 0 Å². The van der Waals surface area contributed by atoms with Gasteiger partial charge in [-0.3, -0.25) is 0 Å². The van der Waals surface area contributed by atoms with E-state index in [1.54, 1.807) is 25.6 Å². The molecule has 2 rings (SSSR count). The molecule has 1 aromatic heterocycles. The molecule has 3 nitrogen and oxygen atoms in total. The highest BCUT2D eigenvalue weighted by Gasteiger charge is 2.15.